The minimum atomic E-state index is -1.06. The molecule has 1 aliphatic heterocycles. The third kappa shape index (κ3) is 5.24. The van der Waals surface area contributed by atoms with Crippen molar-refractivity contribution >= 4 is 11.8 Å². The molecule has 2 aromatic carbocycles. The summed E-state index contributed by atoms with van der Waals surface area (Å²) in [4.78, 5) is 28.5. The summed E-state index contributed by atoms with van der Waals surface area (Å²) in [6.45, 7) is 5.48. The van der Waals surface area contributed by atoms with Gasteiger partial charge in [-0.1, -0.05) is 17.3 Å². The largest absolute Gasteiger partial charge is 0.489 e. The summed E-state index contributed by atoms with van der Waals surface area (Å²) in [6, 6.07) is 10.4. The van der Waals surface area contributed by atoms with Gasteiger partial charge in [0.05, 0.1) is 17.7 Å². The van der Waals surface area contributed by atoms with Crippen LogP contribution in [0.5, 0.6) is 5.75 Å². The maximum Gasteiger partial charge on any atom is 0.254 e. The third-order valence-corrected chi connectivity index (χ3v) is 5.93. The second-order valence-corrected chi connectivity index (χ2v) is 8.21. The zero-order valence-electron chi connectivity index (χ0n) is 19.0. The molecule has 1 aliphatic rings. The van der Waals surface area contributed by atoms with Gasteiger partial charge in [0.2, 0.25) is 5.91 Å². The number of nitrogens with zero attached hydrogens (tertiary/aromatic N) is 3. The van der Waals surface area contributed by atoms with Gasteiger partial charge in [0.1, 0.15) is 18.1 Å². The van der Waals surface area contributed by atoms with E-state index < -0.39 is 11.6 Å². The lowest BCUT2D eigenvalue weighted by Gasteiger charge is -2.35. The quantitative estimate of drug-likeness (QED) is 0.551. The summed E-state index contributed by atoms with van der Waals surface area (Å²) in [6.07, 6.45) is 0.237. The summed E-state index contributed by atoms with van der Waals surface area (Å²) in [5, 5.41) is 3.91. The fraction of sp³-hybridized carbons (Fsp3) is 0.320. The molecule has 0 atom stereocenters. The first kappa shape index (κ1) is 23.4. The first-order valence-electron chi connectivity index (χ1n) is 11.0. The number of aromatic nitrogens is 1. The number of benzene rings is 2. The molecule has 1 saturated heterocycles. The SMILES string of the molecule is Cc1noc(C)c1COc1ccc(CC(=O)N2CCN(C(=O)c3ccc(F)c(F)c3)CC2)cc1. The number of piperazine rings is 1. The molecule has 3 aromatic rings. The Labute approximate surface area is 195 Å². The van der Waals surface area contributed by atoms with Crippen LogP contribution < -0.4 is 4.74 Å². The van der Waals surface area contributed by atoms with Crippen molar-refractivity contribution in [1.29, 1.82) is 0 Å². The van der Waals surface area contributed by atoms with Gasteiger partial charge in [-0.15, -0.1) is 0 Å². The molecule has 0 unspecified atom stereocenters. The Kier molecular flexibility index (Phi) is 6.90. The van der Waals surface area contributed by atoms with E-state index in [1.807, 2.05) is 38.1 Å². The van der Waals surface area contributed by atoms with E-state index in [4.69, 9.17) is 9.26 Å². The van der Waals surface area contributed by atoms with Crippen molar-refractivity contribution in [3.8, 4) is 5.75 Å². The zero-order valence-corrected chi connectivity index (χ0v) is 19.0. The van der Waals surface area contributed by atoms with Crippen LogP contribution in [-0.4, -0.2) is 52.9 Å². The number of hydrogen-bond donors (Lipinski definition) is 0. The van der Waals surface area contributed by atoms with E-state index in [1.54, 1.807) is 9.80 Å². The average Bonchev–Trinajstić information content (AvgIpc) is 3.17. The van der Waals surface area contributed by atoms with E-state index in [0.29, 0.717) is 38.5 Å². The Bertz CT molecular complexity index is 1170. The Balaban J connectivity index is 1.26. The first-order valence-corrected chi connectivity index (χ1v) is 11.0. The highest BCUT2D eigenvalue weighted by atomic mass is 19.2. The van der Waals surface area contributed by atoms with Crippen molar-refractivity contribution < 1.29 is 27.6 Å². The van der Waals surface area contributed by atoms with Gasteiger partial charge >= 0.3 is 0 Å². The fourth-order valence-electron chi connectivity index (χ4n) is 3.82. The molecule has 34 heavy (non-hydrogen) atoms. The molecule has 0 radical (unpaired) electrons. The number of hydrogen-bond acceptors (Lipinski definition) is 5. The molecule has 2 heterocycles. The molecular weight excluding hydrogens is 444 g/mol. The number of carbonyl (C=O) groups is 2. The highest BCUT2D eigenvalue weighted by Crippen LogP contribution is 2.19. The fourth-order valence-corrected chi connectivity index (χ4v) is 3.82. The van der Waals surface area contributed by atoms with E-state index >= 15 is 0 Å². The summed E-state index contributed by atoms with van der Waals surface area (Å²) >= 11 is 0. The van der Waals surface area contributed by atoms with Gasteiger partial charge in [0, 0.05) is 31.7 Å². The Hall–Kier alpha value is -3.75. The highest BCUT2D eigenvalue weighted by molar-refractivity contribution is 5.94. The van der Waals surface area contributed by atoms with Crippen LogP contribution in [0.4, 0.5) is 8.78 Å². The van der Waals surface area contributed by atoms with Gasteiger partial charge in [0.15, 0.2) is 11.6 Å². The molecule has 178 valence electrons. The maximum absolute atomic E-state index is 13.4. The van der Waals surface area contributed by atoms with Crippen molar-refractivity contribution in [1.82, 2.24) is 15.0 Å². The van der Waals surface area contributed by atoms with Gasteiger partial charge in [-0.05, 0) is 49.7 Å². The lowest BCUT2D eigenvalue weighted by Crippen LogP contribution is -2.51. The van der Waals surface area contributed by atoms with E-state index in [9.17, 15) is 18.4 Å². The Morgan fingerprint density at radius 3 is 2.26 bits per heavy atom. The second kappa shape index (κ2) is 10.0. The number of ether oxygens (including phenoxy) is 1. The van der Waals surface area contributed by atoms with Gasteiger partial charge in [-0.25, -0.2) is 8.78 Å². The molecule has 0 N–H and O–H groups in total. The van der Waals surface area contributed by atoms with Crippen LogP contribution in [0.15, 0.2) is 47.0 Å². The summed E-state index contributed by atoms with van der Waals surface area (Å²) in [5.41, 5.74) is 2.66. The van der Waals surface area contributed by atoms with Crippen molar-refractivity contribution in [2.75, 3.05) is 26.2 Å². The van der Waals surface area contributed by atoms with Crippen LogP contribution in [-0.2, 0) is 17.8 Å². The minimum Gasteiger partial charge on any atom is -0.489 e. The molecule has 4 rings (SSSR count). The number of halogens is 2. The standard InChI is InChI=1S/C25H25F2N3O4/c1-16-21(17(2)34-28-16)15-33-20-6-3-18(4-7-20)13-24(31)29-9-11-30(12-10-29)25(32)19-5-8-22(26)23(27)14-19/h3-8,14H,9-13,15H2,1-2H3. The molecule has 2 amide bonds. The molecular formula is C25H25F2N3O4. The van der Waals surface area contributed by atoms with Crippen molar-refractivity contribution in [3.63, 3.8) is 0 Å². The predicted octanol–water partition coefficient (Wildman–Crippen LogP) is 3.68. The smallest absolute Gasteiger partial charge is 0.254 e. The van der Waals surface area contributed by atoms with Crippen LogP contribution in [0.25, 0.3) is 0 Å². The van der Waals surface area contributed by atoms with Crippen LogP contribution in [0, 0.1) is 25.5 Å². The monoisotopic (exact) mass is 469 g/mol. The van der Waals surface area contributed by atoms with E-state index in [1.165, 1.54) is 6.07 Å². The van der Waals surface area contributed by atoms with Crippen molar-refractivity contribution in [3.05, 3.63) is 82.2 Å². The highest BCUT2D eigenvalue weighted by Gasteiger charge is 2.25. The Morgan fingerprint density at radius 1 is 0.971 bits per heavy atom. The lowest BCUT2D eigenvalue weighted by molar-refractivity contribution is -0.131. The zero-order chi connectivity index (χ0) is 24.2. The predicted molar refractivity (Wildman–Crippen MR) is 119 cm³/mol. The van der Waals surface area contributed by atoms with Gasteiger partial charge in [-0.3, -0.25) is 9.59 Å². The van der Waals surface area contributed by atoms with Crippen LogP contribution in [0.1, 0.15) is 32.9 Å². The minimum absolute atomic E-state index is 0.0377. The molecule has 0 bridgehead atoms. The maximum atomic E-state index is 13.4. The van der Waals surface area contributed by atoms with E-state index in [0.717, 1.165) is 34.7 Å². The molecule has 9 heteroatoms. The number of amides is 2. The molecule has 0 saturated carbocycles. The summed E-state index contributed by atoms with van der Waals surface area (Å²) < 4.78 is 37.5. The molecule has 0 spiro atoms. The lowest BCUT2D eigenvalue weighted by atomic mass is 10.1. The summed E-state index contributed by atoms with van der Waals surface area (Å²) in [7, 11) is 0. The van der Waals surface area contributed by atoms with E-state index in [-0.39, 0.29) is 23.8 Å². The Morgan fingerprint density at radius 2 is 1.65 bits per heavy atom. The third-order valence-electron chi connectivity index (χ3n) is 5.93. The van der Waals surface area contributed by atoms with Crippen LogP contribution >= 0.6 is 0 Å². The van der Waals surface area contributed by atoms with Gasteiger partial charge in [0.25, 0.3) is 5.91 Å². The molecule has 0 aliphatic carbocycles. The van der Waals surface area contributed by atoms with Gasteiger partial charge < -0.3 is 19.1 Å². The number of aryl methyl sites for hydroxylation is 2. The number of rotatable bonds is 6. The summed E-state index contributed by atoms with van der Waals surface area (Å²) in [5.74, 6) is -1.05. The number of carbonyl (C=O) groups excluding carboxylic acids is 2. The van der Waals surface area contributed by atoms with Crippen molar-refractivity contribution in [2.24, 2.45) is 0 Å². The molecule has 1 aromatic heterocycles. The van der Waals surface area contributed by atoms with Crippen LogP contribution in [0.3, 0.4) is 0 Å². The van der Waals surface area contributed by atoms with Crippen molar-refractivity contribution in [2.45, 2.75) is 26.9 Å². The second-order valence-electron chi connectivity index (χ2n) is 8.21. The topological polar surface area (TPSA) is 75.9 Å². The first-order chi connectivity index (χ1) is 16.3. The molecule has 7 nitrogen and oxygen atoms in total. The van der Waals surface area contributed by atoms with E-state index in [2.05, 4.69) is 5.16 Å². The normalized spacial score (nSPS) is 13.8. The molecule has 1 fully saturated rings. The van der Waals surface area contributed by atoms with Gasteiger partial charge in [-0.2, -0.15) is 0 Å². The average molecular weight is 469 g/mol. The van der Waals surface area contributed by atoms with Crippen LogP contribution in [0.2, 0.25) is 0 Å².